The molecule has 24 heavy (non-hydrogen) atoms. The van der Waals surface area contributed by atoms with Crippen molar-refractivity contribution in [1.82, 2.24) is 20.0 Å². The fourth-order valence-corrected chi connectivity index (χ4v) is 2.34. The Labute approximate surface area is 142 Å². The average Bonchev–Trinajstić information content (AvgIpc) is 2.57. The monoisotopic (exact) mass is 347 g/mol. The lowest BCUT2D eigenvalue weighted by molar-refractivity contribution is 0.0955. The van der Waals surface area contributed by atoms with Crippen LogP contribution < -0.4 is 11.0 Å². The first-order valence-electron chi connectivity index (χ1n) is 7.26. The minimum Gasteiger partial charge on any atom is -0.494 e. The normalized spacial score (nSPS) is 12.2. The summed E-state index contributed by atoms with van der Waals surface area (Å²) in [6, 6.07) is 2.95. The van der Waals surface area contributed by atoms with Gasteiger partial charge in [-0.25, -0.2) is 5.43 Å². The highest BCUT2D eigenvalue weighted by Crippen LogP contribution is 2.19. The van der Waals surface area contributed by atoms with Gasteiger partial charge in [0, 0.05) is 24.0 Å². The van der Waals surface area contributed by atoms with Crippen molar-refractivity contribution in [3.8, 4) is 5.88 Å². The molecule has 1 amide bonds. The Morgan fingerprint density at radius 2 is 2.21 bits per heavy atom. The van der Waals surface area contributed by atoms with Crippen LogP contribution in [0, 0.1) is 4.77 Å². The van der Waals surface area contributed by atoms with E-state index in [0.29, 0.717) is 12.0 Å². The molecule has 0 fully saturated rings. The highest BCUT2D eigenvalue weighted by Gasteiger charge is 2.14. The smallest absolute Gasteiger partial charge is 0.271 e. The van der Waals surface area contributed by atoms with Crippen LogP contribution in [0.15, 0.2) is 34.4 Å². The number of pyridine rings is 1. The first-order valence-corrected chi connectivity index (χ1v) is 7.67. The number of amides is 1. The van der Waals surface area contributed by atoms with E-state index >= 15 is 0 Å². The minimum atomic E-state index is -0.584. The maximum Gasteiger partial charge on any atom is 0.271 e. The standard InChI is InChI=1S/C15H17N5O3S/c1-3-9(2)20-14(23)11(13(22)18-15(20)24)8-17-19-12(21)10-4-6-16-7-5-10/h4-9,23H,3H2,1-2H3,(H,19,21)(H,18,22,24)/b17-8+/t9-/m0/s1. The molecule has 0 aromatic carbocycles. The van der Waals surface area contributed by atoms with E-state index in [9.17, 15) is 14.7 Å². The van der Waals surface area contributed by atoms with Crippen molar-refractivity contribution in [2.75, 3.05) is 0 Å². The van der Waals surface area contributed by atoms with Crippen LogP contribution in [0.2, 0.25) is 0 Å². The number of carbonyl (C=O) groups is 1. The third kappa shape index (κ3) is 3.74. The molecule has 0 unspecified atom stereocenters. The maximum atomic E-state index is 12.0. The van der Waals surface area contributed by atoms with Crippen molar-refractivity contribution in [2.45, 2.75) is 26.3 Å². The van der Waals surface area contributed by atoms with Gasteiger partial charge in [-0.05, 0) is 37.7 Å². The van der Waals surface area contributed by atoms with E-state index < -0.39 is 11.5 Å². The quantitative estimate of drug-likeness (QED) is 0.433. The van der Waals surface area contributed by atoms with E-state index in [1.54, 1.807) is 0 Å². The zero-order chi connectivity index (χ0) is 17.7. The lowest BCUT2D eigenvalue weighted by Gasteiger charge is -2.16. The summed E-state index contributed by atoms with van der Waals surface area (Å²) < 4.78 is 1.56. The fourth-order valence-electron chi connectivity index (χ4n) is 1.98. The van der Waals surface area contributed by atoms with Gasteiger partial charge >= 0.3 is 0 Å². The number of hydrogen-bond acceptors (Lipinski definition) is 6. The SMILES string of the molecule is CC[C@H](C)n1c(O)c(/C=N/NC(=O)c2ccncc2)c(=O)[nH]c1=S. The minimum absolute atomic E-state index is 0.0843. The molecule has 8 nitrogen and oxygen atoms in total. The van der Waals surface area contributed by atoms with Gasteiger partial charge in [-0.15, -0.1) is 0 Å². The molecule has 0 saturated carbocycles. The van der Waals surface area contributed by atoms with Crippen molar-refractivity contribution in [1.29, 1.82) is 0 Å². The molecule has 3 N–H and O–H groups in total. The molecule has 0 spiro atoms. The molecular formula is C15H17N5O3S. The summed E-state index contributed by atoms with van der Waals surface area (Å²) in [5, 5.41) is 14.0. The van der Waals surface area contributed by atoms with Gasteiger partial charge in [-0.2, -0.15) is 5.10 Å². The highest BCUT2D eigenvalue weighted by atomic mass is 32.1. The number of aromatic amines is 1. The number of rotatable bonds is 5. The van der Waals surface area contributed by atoms with E-state index in [2.05, 4.69) is 20.5 Å². The highest BCUT2D eigenvalue weighted by molar-refractivity contribution is 7.71. The number of aromatic hydroxyl groups is 1. The van der Waals surface area contributed by atoms with Gasteiger partial charge in [0.1, 0.15) is 5.56 Å². The first kappa shape index (κ1) is 17.5. The number of nitrogens with one attached hydrogen (secondary N) is 2. The Bertz CT molecular complexity index is 873. The number of aromatic nitrogens is 3. The van der Waals surface area contributed by atoms with Crippen molar-refractivity contribution in [2.24, 2.45) is 5.10 Å². The number of hydrogen-bond donors (Lipinski definition) is 3. The molecule has 0 radical (unpaired) electrons. The topological polar surface area (TPSA) is 112 Å². The molecule has 1 atom stereocenters. The summed E-state index contributed by atoms with van der Waals surface area (Å²) in [6.07, 6.45) is 4.75. The zero-order valence-electron chi connectivity index (χ0n) is 13.2. The summed E-state index contributed by atoms with van der Waals surface area (Å²) >= 11 is 5.07. The molecule has 0 aliphatic rings. The van der Waals surface area contributed by atoms with Crippen molar-refractivity contribution in [3.05, 3.63) is 50.8 Å². The van der Waals surface area contributed by atoms with E-state index in [0.717, 1.165) is 6.21 Å². The van der Waals surface area contributed by atoms with Crippen LogP contribution in [0.1, 0.15) is 42.2 Å². The van der Waals surface area contributed by atoms with Gasteiger partial charge in [-0.1, -0.05) is 6.92 Å². The third-order valence-corrected chi connectivity index (χ3v) is 3.79. The lowest BCUT2D eigenvalue weighted by Crippen LogP contribution is -2.22. The number of H-pyrrole nitrogens is 1. The summed E-state index contributed by atoms with van der Waals surface area (Å²) in [5.41, 5.74) is 1.99. The Morgan fingerprint density at radius 1 is 1.54 bits per heavy atom. The molecule has 2 aromatic rings. The van der Waals surface area contributed by atoms with E-state index in [1.165, 1.54) is 29.1 Å². The van der Waals surface area contributed by atoms with Gasteiger partial charge < -0.3 is 5.11 Å². The van der Waals surface area contributed by atoms with Crippen LogP contribution in [-0.2, 0) is 0 Å². The number of hydrazone groups is 1. The largest absolute Gasteiger partial charge is 0.494 e. The van der Waals surface area contributed by atoms with E-state index in [4.69, 9.17) is 12.2 Å². The van der Waals surface area contributed by atoms with Crippen molar-refractivity contribution >= 4 is 24.3 Å². The molecule has 0 bridgehead atoms. The van der Waals surface area contributed by atoms with Crippen LogP contribution in [0.3, 0.4) is 0 Å². The van der Waals surface area contributed by atoms with Crippen LogP contribution in [0.5, 0.6) is 5.88 Å². The second-order valence-electron chi connectivity index (χ2n) is 5.06. The van der Waals surface area contributed by atoms with Crippen LogP contribution in [0.4, 0.5) is 0 Å². The summed E-state index contributed by atoms with van der Waals surface area (Å²) in [4.78, 5) is 30.1. The van der Waals surface area contributed by atoms with Crippen LogP contribution in [-0.4, -0.2) is 31.8 Å². The second kappa shape index (κ2) is 7.64. The molecule has 2 heterocycles. The summed E-state index contributed by atoms with van der Waals surface area (Å²) in [5.74, 6) is -0.751. The molecule has 9 heteroatoms. The zero-order valence-corrected chi connectivity index (χ0v) is 14.0. The molecular weight excluding hydrogens is 330 g/mol. The molecule has 0 saturated heterocycles. The predicted octanol–water partition coefficient (Wildman–Crippen LogP) is 1.74. The van der Waals surface area contributed by atoms with Gasteiger partial charge in [0.15, 0.2) is 4.77 Å². The number of nitrogens with zero attached hydrogens (tertiary/aromatic N) is 3. The molecule has 2 rings (SSSR count). The van der Waals surface area contributed by atoms with Crippen LogP contribution in [0.25, 0.3) is 0 Å². The van der Waals surface area contributed by atoms with Gasteiger partial charge in [0.05, 0.1) is 6.21 Å². The Kier molecular flexibility index (Phi) is 5.59. The maximum absolute atomic E-state index is 12.0. The van der Waals surface area contributed by atoms with Gasteiger partial charge in [0.25, 0.3) is 11.5 Å². The van der Waals surface area contributed by atoms with E-state index in [-0.39, 0.29) is 22.3 Å². The first-order chi connectivity index (χ1) is 11.5. The number of carbonyl (C=O) groups excluding carboxylic acids is 1. The Hall–Kier alpha value is -2.81. The van der Waals surface area contributed by atoms with Crippen molar-refractivity contribution < 1.29 is 9.90 Å². The van der Waals surface area contributed by atoms with Gasteiger partial charge in [0.2, 0.25) is 5.88 Å². The summed E-state index contributed by atoms with van der Waals surface area (Å²) in [6.45, 7) is 3.79. The Balaban J connectivity index is 2.28. The van der Waals surface area contributed by atoms with Crippen molar-refractivity contribution in [3.63, 3.8) is 0 Å². The molecule has 0 aliphatic carbocycles. The molecule has 126 valence electrons. The van der Waals surface area contributed by atoms with Crippen LogP contribution >= 0.6 is 12.2 Å². The lowest BCUT2D eigenvalue weighted by atomic mass is 10.2. The predicted molar refractivity (Wildman–Crippen MR) is 91.9 cm³/mol. The summed E-state index contributed by atoms with van der Waals surface area (Å²) in [7, 11) is 0. The molecule has 2 aromatic heterocycles. The fraction of sp³-hybridized carbons (Fsp3) is 0.267. The van der Waals surface area contributed by atoms with E-state index in [1.807, 2.05) is 13.8 Å². The van der Waals surface area contributed by atoms with Gasteiger partial charge in [-0.3, -0.25) is 24.1 Å². The second-order valence-corrected chi connectivity index (χ2v) is 5.45. The third-order valence-electron chi connectivity index (χ3n) is 3.49. The molecule has 0 aliphatic heterocycles. The average molecular weight is 347 g/mol. The Morgan fingerprint density at radius 3 is 2.83 bits per heavy atom.